The number of rotatable bonds is 4. The summed E-state index contributed by atoms with van der Waals surface area (Å²) < 4.78 is 24.3. The summed E-state index contributed by atoms with van der Waals surface area (Å²) >= 11 is 5.74. The zero-order valence-corrected chi connectivity index (χ0v) is 15.3. The van der Waals surface area contributed by atoms with Gasteiger partial charge in [0.05, 0.1) is 5.02 Å². The molecule has 0 spiro atoms. The molecule has 1 aromatic heterocycles. The van der Waals surface area contributed by atoms with Gasteiger partial charge in [0.1, 0.15) is 24.7 Å². The average Bonchev–Trinajstić information content (AvgIpc) is 2.71. The number of nitrogens with one attached hydrogen (secondary N) is 2. The second-order valence-corrected chi connectivity index (χ2v) is 6.40. The maximum atomic E-state index is 13.2. The molecule has 142 valence electrons. The second kappa shape index (κ2) is 7.74. The van der Waals surface area contributed by atoms with E-state index in [9.17, 15) is 9.18 Å². The summed E-state index contributed by atoms with van der Waals surface area (Å²) in [7, 11) is 0. The van der Waals surface area contributed by atoms with Crippen LogP contribution in [-0.2, 0) is 0 Å². The van der Waals surface area contributed by atoms with Crippen LogP contribution in [0.2, 0.25) is 5.02 Å². The van der Waals surface area contributed by atoms with Crippen molar-refractivity contribution in [3.05, 3.63) is 71.3 Å². The summed E-state index contributed by atoms with van der Waals surface area (Å²) in [6.45, 7) is 1.03. The molecule has 0 saturated carbocycles. The van der Waals surface area contributed by atoms with Crippen LogP contribution in [0.1, 0.15) is 10.5 Å². The molecule has 2 aromatic carbocycles. The lowest BCUT2D eigenvalue weighted by Crippen LogP contribution is -2.15. The highest BCUT2D eigenvalue weighted by atomic mass is 35.5. The van der Waals surface area contributed by atoms with E-state index in [0.29, 0.717) is 36.1 Å². The quantitative estimate of drug-likeness (QED) is 0.668. The van der Waals surface area contributed by atoms with Crippen molar-refractivity contribution in [2.24, 2.45) is 0 Å². The molecule has 0 unspecified atom stereocenters. The normalized spacial score (nSPS) is 12.4. The predicted octanol–water partition coefficient (Wildman–Crippen LogP) is 4.64. The van der Waals surface area contributed by atoms with Crippen molar-refractivity contribution in [2.45, 2.75) is 0 Å². The maximum Gasteiger partial charge on any atom is 0.274 e. The van der Waals surface area contributed by atoms with Gasteiger partial charge in [-0.15, -0.1) is 0 Å². The van der Waals surface area contributed by atoms with E-state index in [1.165, 1.54) is 24.4 Å². The highest BCUT2D eigenvalue weighted by Crippen LogP contribution is 2.33. The SMILES string of the molecule is O=C(Nc1ccc(F)c(Cl)c1)c1cc(Nc2ccc3c(c2)OCCO3)ccn1. The molecule has 4 rings (SSSR count). The average molecular weight is 400 g/mol. The number of halogens is 2. The zero-order chi connectivity index (χ0) is 19.5. The predicted molar refractivity (Wildman–Crippen MR) is 104 cm³/mol. The lowest BCUT2D eigenvalue weighted by molar-refractivity contribution is 0.102. The first kappa shape index (κ1) is 18.1. The van der Waals surface area contributed by atoms with Crippen molar-refractivity contribution in [1.29, 1.82) is 0 Å². The third kappa shape index (κ3) is 3.99. The molecule has 28 heavy (non-hydrogen) atoms. The Morgan fingerprint density at radius 2 is 1.71 bits per heavy atom. The van der Waals surface area contributed by atoms with E-state index in [1.54, 1.807) is 12.1 Å². The Labute approximate surface area is 165 Å². The molecule has 0 aliphatic carbocycles. The third-order valence-electron chi connectivity index (χ3n) is 4.00. The number of ether oxygens (including phenoxy) is 2. The first-order valence-corrected chi connectivity index (χ1v) is 8.85. The Balaban J connectivity index is 1.49. The van der Waals surface area contributed by atoms with Crippen LogP contribution in [0.25, 0.3) is 0 Å². The minimum absolute atomic E-state index is 0.0696. The molecule has 0 bridgehead atoms. The van der Waals surface area contributed by atoms with Crippen molar-refractivity contribution in [1.82, 2.24) is 4.98 Å². The topological polar surface area (TPSA) is 72.5 Å². The van der Waals surface area contributed by atoms with Crippen molar-refractivity contribution in [3.8, 4) is 11.5 Å². The Bertz CT molecular complexity index is 1040. The number of benzene rings is 2. The van der Waals surface area contributed by atoms with E-state index in [1.807, 2.05) is 18.2 Å². The lowest BCUT2D eigenvalue weighted by Gasteiger charge is -2.19. The van der Waals surface area contributed by atoms with Gasteiger partial charge in [-0.25, -0.2) is 4.39 Å². The minimum Gasteiger partial charge on any atom is -0.486 e. The number of aromatic nitrogens is 1. The number of fused-ring (bicyclic) bond motifs is 1. The molecule has 6 nitrogen and oxygen atoms in total. The molecule has 2 heterocycles. The summed E-state index contributed by atoms with van der Waals surface area (Å²) in [5.41, 5.74) is 2.03. The molecule has 0 radical (unpaired) electrons. The Morgan fingerprint density at radius 3 is 2.54 bits per heavy atom. The smallest absolute Gasteiger partial charge is 0.274 e. The number of carbonyl (C=O) groups excluding carboxylic acids is 1. The minimum atomic E-state index is -0.552. The zero-order valence-electron chi connectivity index (χ0n) is 14.5. The number of nitrogens with zero attached hydrogens (tertiary/aromatic N) is 1. The highest BCUT2D eigenvalue weighted by Gasteiger charge is 2.13. The van der Waals surface area contributed by atoms with Crippen molar-refractivity contribution in [3.63, 3.8) is 0 Å². The summed E-state index contributed by atoms with van der Waals surface area (Å²) in [5, 5.41) is 5.78. The molecule has 0 fully saturated rings. The Morgan fingerprint density at radius 1 is 0.964 bits per heavy atom. The van der Waals surface area contributed by atoms with Crippen LogP contribution in [0.15, 0.2) is 54.7 Å². The molecule has 0 saturated heterocycles. The second-order valence-electron chi connectivity index (χ2n) is 6.00. The van der Waals surface area contributed by atoms with E-state index in [0.717, 1.165) is 5.69 Å². The molecular formula is C20H15ClFN3O3. The van der Waals surface area contributed by atoms with Gasteiger partial charge in [0.2, 0.25) is 0 Å². The van der Waals surface area contributed by atoms with Crippen LogP contribution >= 0.6 is 11.6 Å². The fourth-order valence-corrected chi connectivity index (χ4v) is 2.87. The molecule has 1 aliphatic rings. The van der Waals surface area contributed by atoms with Crippen LogP contribution in [0.5, 0.6) is 11.5 Å². The van der Waals surface area contributed by atoms with Crippen molar-refractivity contribution >= 4 is 34.6 Å². The van der Waals surface area contributed by atoms with Crippen LogP contribution in [0, 0.1) is 5.82 Å². The van der Waals surface area contributed by atoms with Crippen LogP contribution in [0.3, 0.4) is 0 Å². The van der Waals surface area contributed by atoms with E-state index >= 15 is 0 Å². The van der Waals surface area contributed by atoms with Gasteiger partial charge in [0, 0.05) is 29.3 Å². The van der Waals surface area contributed by atoms with Gasteiger partial charge < -0.3 is 20.1 Å². The van der Waals surface area contributed by atoms with Gasteiger partial charge in [-0.1, -0.05) is 11.6 Å². The van der Waals surface area contributed by atoms with Crippen LogP contribution < -0.4 is 20.1 Å². The van der Waals surface area contributed by atoms with Gasteiger partial charge in [-0.2, -0.15) is 0 Å². The summed E-state index contributed by atoms with van der Waals surface area (Å²) in [4.78, 5) is 16.5. The number of pyridine rings is 1. The summed E-state index contributed by atoms with van der Waals surface area (Å²) in [6.07, 6.45) is 1.52. The Hall–Kier alpha value is -3.32. The summed E-state index contributed by atoms with van der Waals surface area (Å²) in [5.74, 6) is 0.373. The van der Waals surface area contributed by atoms with Gasteiger partial charge >= 0.3 is 0 Å². The van der Waals surface area contributed by atoms with E-state index in [2.05, 4.69) is 15.6 Å². The lowest BCUT2D eigenvalue weighted by atomic mass is 10.2. The number of carbonyl (C=O) groups is 1. The first-order valence-electron chi connectivity index (χ1n) is 8.47. The largest absolute Gasteiger partial charge is 0.486 e. The summed E-state index contributed by atoms with van der Waals surface area (Å²) in [6, 6.07) is 12.8. The van der Waals surface area contributed by atoms with Gasteiger partial charge in [-0.3, -0.25) is 9.78 Å². The number of hydrogen-bond donors (Lipinski definition) is 2. The molecule has 1 amide bonds. The first-order chi connectivity index (χ1) is 13.6. The molecule has 1 aliphatic heterocycles. The van der Waals surface area contributed by atoms with Gasteiger partial charge in [0.25, 0.3) is 5.91 Å². The maximum absolute atomic E-state index is 13.2. The van der Waals surface area contributed by atoms with Crippen molar-refractivity contribution < 1.29 is 18.7 Å². The van der Waals surface area contributed by atoms with Gasteiger partial charge in [-0.05, 0) is 42.5 Å². The van der Waals surface area contributed by atoms with E-state index in [4.69, 9.17) is 21.1 Å². The van der Waals surface area contributed by atoms with Crippen LogP contribution in [-0.4, -0.2) is 24.1 Å². The fourth-order valence-electron chi connectivity index (χ4n) is 2.69. The molecule has 3 aromatic rings. The van der Waals surface area contributed by atoms with Crippen molar-refractivity contribution in [2.75, 3.05) is 23.8 Å². The van der Waals surface area contributed by atoms with E-state index in [-0.39, 0.29) is 10.7 Å². The Kier molecular flexibility index (Phi) is 4.99. The standard InChI is InChI=1S/C20H15ClFN3O3/c21-15-9-12(1-3-16(15)22)25-20(26)17-10-14(5-6-23-17)24-13-2-4-18-19(11-13)28-8-7-27-18/h1-6,9-11H,7-8H2,(H,23,24)(H,25,26). The molecule has 8 heteroatoms. The number of anilines is 3. The van der Waals surface area contributed by atoms with E-state index < -0.39 is 11.7 Å². The molecular weight excluding hydrogens is 385 g/mol. The third-order valence-corrected chi connectivity index (χ3v) is 4.29. The van der Waals surface area contributed by atoms with Gasteiger partial charge in [0.15, 0.2) is 11.5 Å². The number of amides is 1. The monoisotopic (exact) mass is 399 g/mol. The number of hydrogen-bond acceptors (Lipinski definition) is 5. The van der Waals surface area contributed by atoms with Crippen LogP contribution in [0.4, 0.5) is 21.5 Å². The highest BCUT2D eigenvalue weighted by molar-refractivity contribution is 6.31. The molecule has 0 atom stereocenters. The fraction of sp³-hybridized carbons (Fsp3) is 0.100. The molecule has 2 N–H and O–H groups in total.